The maximum Gasteiger partial charge on any atom is 0.239 e. The molecule has 0 radical (unpaired) electrons. The van der Waals surface area contributed by atoms with Crippen molar-refractivity contribution in [2.75, 3.05) is 20.8 Å². The Morgan fingerprint density at radius 1 is 0.645 bits per heavy atom. The van der Waals surface area contributed by atoms with Gasteiger partial charge in [-0.1, -0.05) is 109 Å². The number of methoxy groups -OCH3 is 2. The van der Waals surface area contributed by atoms with E-state index in [4.69, 9.17) is 35.3 Å². The van der Waals surface area contributed by atoms with Crippen molar-refractivity contribution in [2.45, 2.75) is 78.5 Å². The number of hydrogen-bond donors (Lipinski definition) is 3. The van der Waals surface area contributed by atoms with Crippen LogP contribution in [0.5, 0.6) is 28.7 Å². The van der Waals surface area contributed by atoms with Crippen molar-refractivity contribution in [3.63, 3.8) is 0 Å². The summed E-state index contributed by atoms with van der Waals surface area (Å²) < 4.78 is 29.5. The minimum Gasteiger partial charge on any atom is -0.497 e. The lowest BCUT2D eigenvalue weighted by molar-refractivity contribution is -0.126. The molecular weight excluding hydrogens is 976 g/mol. The van der Waals surface area contributed by atoms with Gasteiger partial charge in [0.05, 0.1) is 36.4 Å². The average Bonchev–Trinajstić information content (AvgIpc) is 3.45. The summed E-state index contributed by atoms with van der Waals surface area (Å²) in [5.74, 6) is 2.37. The van der Waals surface area contributed by atoms with E-state index in [2.05, 4.69) is 47.1 Å². The fourth-order valence-corrected chi connectivity index (χ4v) is 8.38. The Bertz CT molecular complexity index is 3170. The van der Waals surface area contributed by atoms with Crippen molar-refractivity contribution in [3.8, 4) is 45.9 Å². The highest BCUT2D eigenvalue weighted by atomic mass is 35.5. The second-order valence-electron chi connectivity index (χ2n) is 18.6. The zero-order valence-corrected chi connectivity index (χ0v) is 44.3. The van der Waals surface area contributed by atoms with Gasteiger partial charge in [-0.2, -0.15) is 5.26 Å². The second kappa shape index (κ2) is 27.2. The van der Waals surface area contributed by atoms with Crippen LogP contribution in [0.25, 0.3) is 17.2 Å². The van der Waals surface area contributed by atoms with E-state index in [0.717, 1.165) is 50.1 Å². The molecule has 7 aromatic carbocycles. The molecule has 13 heteroatoms. The number of benzene rings is 7. The predicted octanol–water partition coefficient (Wildman–Crippen LogP) is 12.3. The smallest absolute Gasteiger partial charge is 0.239 e. The van der Waals surface area contributed by atoms with E-state index in [1.54, 1.807) is 82.7 Å². The predicted molar refractivity (Wildman–Crippen MR) is 298 cm³/mol. The van der Waals surface area contributed by atoms with Crippen LogP contribution in [0.2, 0.25) is 5.02 Å². The Kier molecular flexibility index (Phi) is 19.9. The molecule has 7 aromatic rings. The molecular formula is C63H63ClN4O8. The van der Waals surface area contributed by atoms with Crippen LogP contribution in [0.3, 0.4) is 0 Å². The minimum atomic E-state index is -0.972. The summed E-state index contributed by atoms with van der Waals surface area (Å²) in [5.41, 5.74) is 8.73. The lowest BCUT2D eigenvalue weighted by Crippen LogP contribution is -2.52. The van der Waals surface area contributed by atoms with Crippen LogP contribution < -0.4 is 39.6 Å². The lowest BCUT2D eigenvalue weighted by atomic mass is 9.97. The van der Waals surface area contributed by atoms with Crippen LogP contribution in [-0.4, -0.2) is 43.9 Å². The van der Waals surface area contributed by atoms with Gasteiger partial charge in [0, 0.05) is 43.2 Å². The number of nitrogens with zero attached hydrogens (tertiary/aromatic N) is 1. The number of carbonyl (C=O) groups is 3. The van der Waals surface area contributed by atoms with Crippen LogP contribution in [0.15, 0.2) is 158 Å². The number of allylic oxidation sites excluding steroid dienone is 1. The molecule has 0 bridgehead atoms. The van der Waals surface area contributed by atoms with Crippen molar-refractivity contribution in [3.05, 3.63) is 213 Å². The summed E-state index contributed by atoms with van der Waals surface area (Å²) in [6.45, 7) is 7.52. The standard InChI is InChI=1S/C63H63ClN4O8/c1-43-51(17-12-18-54(43)49-15-7-6-8-16-49)42-76-59-36-58(75-41-48-14-11-13-47(33-48)37-65)52(35-55(59)64)39-68-63(2,3)62(71)66-32-10-9-19-61(70)67-38-45-20-22-46(23-21-45)40-74-57-31-25-44(34-60(57)73-5)24-30-56(69)50-26-28-53(72-4)29-27-50/h6-8,11-18,20-31,33-36,68H,9-10,19,32,38-42H2,1-5H3,(H,66,71)(H,67,70)/b30-24+. The number of unbranched alkanes of at least 4 members (excludes halogenated alkanes) is 1. The van der Waals surface area contributed by atoms with E-state index in [1.807, 2.05) is 84.9 Å². The first kappa shape index (κ1) is 55.4. The summed E-state index contributed by atoms with van der Waals surface area (Å²) >= 11 is 6.88. The number of ketones is 1. The van der Waals surface area contributed by atoms with E-state index in [0.29, 0.717) is 83.9 Å². The zero-order chi connectivity index (χ0) is 53.9. The largest absolute Gasteiger partial charge is 0.497 e. The number of hydrogen-bond acceptors (Lipinski definition) is 10. The maximum absolute atomic E-state index is 13.5. The molecule has 7 rings (SSSR count). The Balaban J connectivity index is 0.841. The van der Waals surface area contributed by atoms with Gasteiger partial charge in [-0.3, -0.25) is 19.7 Å². The molecule has 76 heavy (non-hydrogen) atoms. The van der Waals surface area contributed by atoms with Gasteiger partial charge in [0.2, 0.25) is 11.8 Å². The molecule has 12 nitrogen and oxygen atoms in total. The number of nitriles is 1. The molecule has 0 saturated carbocycles. The van der Waals surface area contributed by atoms with Crippen molar-refractivity contribution in [2.24, 2.45) is 0 Å². The van der Waals surface area contributed by atoms with Crippen LogP contribution in [0, 0.1) is 18.3 Å². The average molecular weight is 1040 g/mol. The molecule has 0 unspecified atom stereocenters. The molecule has 0 aromatic heterocycles. The number of nitrogens with one attached hydrogen (secondary N) is 3. The van der Waals surface area contributed by atoms with Crippen LogP contribution in [-0.2, 0) is 42.5 Å². The number of amides is 2. The summed E-state index contributed by atoms with van der Waals surface area (Å²) in [6.07, 6.45) is 4.80. The molecule has 0 aliphatic heterocycles. The van der Waals surface area contributed by atoms with Gasteiger partial charge in [0.25, 0.3) is 0 Å². The third-order valence-electron chi connectivity index (χ3n) is 12.8. The van der Waals surface area contributed by atoms with Crippen molar-refractivity contribution in [1.29, 1.82) is 5.26 Å². The molecule has 0 saturated heterocycles. The minimum absolute atomic E-state index is 0.0746. The summed E-state index contributed by atoms with van der Waals surface area (Å²) in [7, 11) is 3.15. The number of carbonyl (C=O) groups excluding carboxylic acids is 3. The molecule has 0 heterocycles. The van der Waals surface area contributed by atoms with Crippen molar-refractivity contribution < 1.29 is 38.1 Å². The van der Waals surface area contributed by atoms with Gasteiger partial charge in [0.15, 0.2) is 17.3 Å². The van der Waals surface area contributed by atoms with Crippen LogP contribution >= 0.6 is 11.6 Å². The van der Waals surface area contributed by atoms with Crippen molar-refractivity contribution >= 4 is 35.3 Å². The Morgan fingerprint density at radius 2 is 1.37 bits per heavy atom. The molecule has 0 atom stereocenters. The van der Waals surface area contributed by atoms with E-state index in [1.165, 1.54) is 6.08 Å². The van der Waals surface area contributed by atoms with E-state index >= 15 is 0 Å². The fourth-order valence-electron chi connectivity index (χ4n) is 8.14. The topological polar surface area (TPSA) is 157 Å². The Morgan fingerprint density at radius 3 is 2.12 bits per heavy atom. The zero-order valence-electron chi connectivity index (χ0n) is 43.5. The summed E-state index contributed by atoms with van der Waals surface area (Å²) in [6, 6.07) is 49.6. The van der Waals surface area contributed by atoms with Gasteiger partial charge < -0.3 is 34.3 Å². The molecule has 0 aliphatic carbocycles. The third kappa shape index (κ3) is 15.8. The Labute approximate surface area is 450 Å². The van der Waals surface area contributed by atoms with E-state index in [9.17, 15) is 19.6 Å². The highest BCUT2D eigenvalue weighted by Crippen LogP contribution is 2.36. The number of ether oxygens (including phenoxy) is 5. The van der Waals surface area contributed by atoms with E-state index < -0.39 is 5.54 Å². The number of halogens is 1. The third-order valence-corrected chi connectivity index (χ3v) is 13.1. The summed E-state index contributed by atoms with van der Waals surface area (Å²) in [4.78, 5) is 38.9. The first-order valence-electron chi connectivity index (χ1n) is 25.1. The van der Waals surface area contributed by atoms with Gasteiger partial charge in [-0.05, 0) is 139 Å². The van der Waals surface area contributed by atoms with Crippen LogP contribution in [0.1, 0.15) is 88.0 Å². The van der Waals surface area contributed by atoms with E-state index in [-0.39, 0.29) is 37.4 Å². The molecule has 3 N–H and O–H groups in total. The Hall–Kier alpha value is -8.37. The molecule has 0 spiro atoms. The molecule has 390 valence electrons. The molecule has 0 fully saturated rings. The lowest BCUT2D eigenvalue weighted by Gasteiger charge is -2.26. The fraction of sp³-hybridized carbons (Fsp3) is 0.238. The highest BCUT2D eigenvalue weighted by molar-refractivity contribution is 6.32. The van der Waals surface area contributed by atoms with Gasteiger partial charge in [0.1, 0.15) is 37.1 Å². The van der Waals surface area contributed by atoms with Gasteiger partial charge in [-0.25, -0.2) is 0 Å². The quantitative estimate of drug-likeness (QED) is 0.0271. The van der Waals surface area contributed by atoms with Crippen LogP contribution in [0.4, 0.5) is 0 Å². The van der Waals surface area contributed by atoms with Gasteiger partial charge in [-0.15, -0.1) is 0 Å². The highest BCUT2D eigenvalue weighted by Gasteiger charge is 2.27. The summed E-state index contributed by atoms with van der Waals surface area (Å²) in [5, 5.41) is 19.2. The molecule has 2 amide bonds. The second-order valence-corrected chi connectivity index (χ2v) is 19.1. The normalized spacial score (nSPS) is 11.1. The number of rotatable bonds is 26. The monoisotopic (exact) mass is 1040 g/mol. The van der Waals surface area contributed by atoms with Crippen molar-refractivity contribution in [1.82, 2.24) is 16.0 Å². The first-order valence-corrected chi connectivity index (χ1v) is 25.5. The SMILES string of the molecule is COc1ccc(C(=O)/C=C/c2ccc(OCc3ccc(CNC(=O)CCCCNC(=O)C(C)(C)NCc4cc(Cl)c(OCc5cccc(-c6ccccc6)c5C)cc4OCc4cccc(C#N)c4)cc3)c(OC)c2)cc1. The first-order chi connectivity index (χ1) is 36.8. The maximum atomic E-state index is 13.5. The molecule has 0 aliphatic rings. The van der Waals surface area contributed by atoms with Gasteiger partial charge >= 0.3 is 0 Å².